The Labute approximate surface area is 114 Å². The fourth-order valence-electron chi connectivity index (χ4n) is 1.36. The van der Waals surface area contributed by atoms with Gasteiger partial charge in [-0.3, -0.25) is 0 Å². The highest BCUT2D eigenvalue weighted by Gasteiger charge is 2.10. The normalized spacial score (nSPS) is 10.7. The van der Waals surface area contributed by atoms with Crippen molar-refractivity contribution in [2.24, 2.45) is 0 Å². The quantitative estimate of drug-likeness (QED) is 0.913. The standard InChI is InChI=1S/C11H12ClN3S2/c1-2-13-6-8-4-3-5-9(12)10(8)17-11-15-14-7-16-11/h3-5,7,13H,2,6H2,1H3. The van der Waals surface area contributed by atoms with Crippen LogP contribution in [0, 0.1) is 0 Å². The van der Waals surface area contributed by atoms with E-state index in [-0.39, 0.29) is 0 Å². The van der Waals surface area contributed by atoms with Gasteiger partial charge in [-0.15, -0.1) is 10.2 Å². The predicted molar refractivity (Wildman–Crippen MR) is 72.9 cm³/mol. The molecule has 0 unspecified atom stereocenters. The van der Waals surface area contributed by atoms with Crippen LogP contribution in [0.2, 0.25) is 5.02 Å². The largest absolute Gasteiger partial charge is 0.313 e. The van der Waals surface area contributed by atoms with Crippen LogP contribution in [-0.4, -0.2) is 16.7 Å². The van der Waals surface area contributed by atoms with E-state index in [0.29, 0.717) is 0 Å². The topological polar surface area (TPSA) is 37.8 Å². The molecule has 0 aliphatic carbocycles. The van der Waals surface area contributed by atoms with Gasteiger partial charge in [-0.2, -0.15) is 0 Å². The summed E-state index contributed by atoms with van der Waals surface area (Å²) < 4.78 is 0.913. The number of nitrogens with zero attached hydrogens (tertiary/aromatic N) is 2. The number of hydrogen-bond acceptors (Lipinski definition) is 5. The van der Waals surface area contributed by atoms with Gasteiger partial charge >= 0.3 is 0 Å². The van der Waals surface area contributed by atoms with E-state index in [1.54, 1.807) is 17.3 Å². The molecular weight excluding hydrogens is 274 g/mol. The Morgan fingerprint density at radius 1 is 1.47 bits per heavy atom. The Morgan fingerprint density at radius 3 is 3.06 bits per heavy atom. The first-order valence-corrected chi connectivity index (χ1v) is 7.30. The van der Waals surface area contributed by atoms with Crippen LogP contribution in [0.5, 0.6) is 0 Å². The molecule has 0 saturated heterocycles. The van der Waals surface area contributed by atoms with E-state index in [2.05, 4.69) is 28.5 Å². The first kappa shape index (κ1) is 12.8. The third kappa shape index (κ3) is 3.42. The van der Waals surface area contributed by atoms with E-state index >= 15 is 0 Å². The molecule has 0 radical (unpaired) electrons. The molecule has 0 aliphatic heterocycles. The smallest absolute Gasteiger partial charge is 0.178 e. The van der Waals surface area contributed by atoms with Crippen LogP contribution >= 0.6 is 34.7 Å². The highest BCUT2D eigenvalue weighted by molar-refractivity contribution is 8.01. The van der Waals surface area contributed by atoms with Gasteiger partial charge in [0.05, 0.1) is 5.02 Å². The summed E-state index contributed by atoms with van der Waals surface area (Å²) in [5.74, 6) is 0. The Balaban J connectivity index is 2.24. The molecule has 1 aromatic heterocycles. The van der Waals surface area contributed by atoms with E-state index < -0.39 is 0 Å². The predicted octanol–water partition coefficient (Wildman–Crippen LogP) is 3.45. The second kappa shape index (κ2) is 6.35. The molecule has 17 heavy (non-hydrogen) atoms. The van der Waals surface area contributed by atoms with Crippen LogP contribution in [0.1, 0.15) is 12.5 Å². The summed E-state index contributed by atoms with van der Waals surface area (Å²) in [6.07, 6.45) is 0. The van der Waals surface area contributed by atoms with Crippen molar-refractivity contribution in [3.05, 3.63) is 34.3 Å². The van der Waals surface area contributed by atoms with Crippen LogP contribution < -0.4 is 5.32 Å². The summed E-state index contributed by atoms with van der Waals surface area (Å²) in [6, 6.07) is 5.96. The zero-order valence-corrected chi connectivity index (χ0v) is 11.7. The van der Waals surface area contributed by atoms with Gasteiger partial charge < -0.3 is 5.32 Å². The maximum atomic E-state index is 6.23. The van der Waals surface area contributed by atoms with Gasteiger partial charge in [-0.05, 0) is 18.2 Å². The molecule has 90 valence electrons. The van der Waals surface area contributed by atoms with Gasteiger partial charge in [0.15, 0.2) is 4.34 Å². The van der Waals surface area contributed by atoms with Crippen molar-refractivity contribution in [2.75, 3.05) is 6.54 Å². The molecule has 0 aliphatic rings. The van der Waals surface area contributed by atoms with Crippen molar-refractivity contribution >= 4 is 34.7 Å². The van der Waals surface area contributed by atoms with E-state index in [9.17, 15) is 0 Å². The molecule has 2 rings (SSSR count). The van der Waals surface area contributed by atoms with Crippen molar-refractivity contribution in [2.45, 2.75) is 22.7 Å². The average Bonchev–Trinajstić information content (AvgIpc) is 2.83. The summed E-state index contributed by atoms with van der Waals surface area (Å²) in [6.45, 7) is 3.84. The van der Waals surface area contributed by atoms with Gasteiger partial charge in [0.1, 0.15) is 5.51 Å². The third-order valence-electron chi connectivity index (χ3n) is 2.14. The molecule has 3 nitrogen and oxygen atoms in total. The molecule has 0 spiro atoms. The number of nitrogens with one attached hydrogen (secondary N) is 1. The first-order valence-electron chi connectivity index (χ1n) is 5.23. The third-order valence-corrected chi connectivity index (χ3v) is 4.53. The molecule has 0 fully saturated rings. The van der Waals surface area contributed by atoms with Gasteiger partial charge in [-0.25, -0.2) is 0 Å². The van der Waals surface area contributed by atoms with Gasteiger partial charge in [0.25, 0.3) is 0 Å². The molecule has 0 atom stereocenters. The van der Waals surface area contributed by atoms with Crippen molar-refractivity contribution in [3.63, 3.8) is 0 Å². The lowest BCUT2D eigenvalue weighted by molar-refractivity contribution is 0.718. The van der Waals surface area contributed by atoms with E-state index in [0.717, 1.165) is 27.3 Å². The molecule has 0 bridgehead atoms. The minimum Gasteiger partial charge on any atom is -0.313 e. The molecule has 1 N–H and O–H groups in total. The zero-order chi connectivity index (χ0) is 12.1. The van der Waals surface area contributed by atoms with Crippen molar-refractivity contribution in [1.29, 1.82) is 0 Å². The molecule has 0 amide bonds. The number of rotatable bonds is 5. The average molecular weight is 286 g/mol. The van der Waals surface area contributed by atoms with E-state index in [1.165, 1.54) is 16.9 Å². The van der Waals surface area contributed by atoms with Gasteiger partial charge in [0, 0.05) is 11.4 Å². The Hall–Kier alpha value is -0.620. The SMILES string of the molecule is CCNCc1cccc(Cl)c1Sc1nncs1. The second-order valence-electron chi connectivity index (χ2n) is 3.32. The summed E-state index contributed by atoms with van der Waals surface area (Å²) in [5.41, 5.74) is 2.92. The van der Waals surface area contributed by atoms with Gasteiger partial charge in [-0.1, -0.05) is 53.8 Å². The number of halogens is 1. The molecule has 2 aromatic rings. The Kier molecular flexibility index (Phi) is 4.79. The second-order valence-corrected chi connectivity index (χ2v) is 5.81. The summed E-state index contributed by atoms with van der Waals surface area (Å²) in [4.78, 5) is 1.06. The highest BCUT2D eigenvalue weighted by Crippen LogP contribution is 2.36. The Bertz CT molecular complexity index is 474. The zero-order valence-electron chi connectivity index (χ0n) is 9.31. The van der Waals surface area contributed by atoms with Crippen molar-refractivity contribution < 1.29 is 0 Å². The first-order chi connectivity index (χ1) is 8.31. The fraction of sp³-hybridized carbons (Fsp3) is 0.273. The lowest BCUT2D eigenvalue weighted by atomic mass is 10.2. The lowest BCUT2D eigenvalue weighted by Gasteiger charge is -2.09. The number of hydrogen-bond donors (Lipinski definition) is 1. The summed E-state index contributed by atoms with van der Waals surface area (Å²) in [5, 5.41) is 11.9. The molecule has 6 heteroatoms. The molecule has 1 heterocycles. The number of benzene rings is 1. The molecular formula is C11H12ClN3S2. The number of aromatic nitrogens is 2. The fourth-order valence-corrected chi connectivity index (χ4v) is 3.22. The van der Waals surface area contributed by atoms with Crippen LogP contribution in [0.15, 0.2) is 32.9 Å². The minimum absolute atomic E-state index is 0.764. The van der Waals surface area contributed by atoms with Crippen LogP contribution in [-0.2, 0) is 6.54 Å². The monoisotopic (exact) mass is 285 g/mol. The van der Waals surface area contributed by atoms with Crippen molar-refractivity contribution in [3.8, 4) is 0 Å². The van der Waals surface area contributed by atoms with Crippen LogP contribution in [0.3, 0.4) is 0 Å². The van der Waals surface area contributed by atoms with E-state index in [1.807, 2.05) is 12.1 Å². The Morgan fingerprint density at radius 2 is 2.35 bits per heavy atom. The van der Waals surface area contributed by atoms with Crippen LogP contribution in [0.25, 0.3) is 0 Å². The highest BCUT2D eigenvalue weighted by atomic mass is 35.5. The minimum atomic E-state index is 0.764. The molecule has 1 aromatic carbocycles. The van der Waals surface area contributed by atoms with Gasteiger partial charge in [0.2, 0.25) is 0 Å². The lowest BCUT2D eigenvalue weighted by Crippen LogP contribution is -2.12. The van der Waals surface area contributed by atoms with Crippen LogP contribution in [0.4, 0.5) is 0 Å². The maximum Gasteiger partial charge on any atom is 0.178 e. The van der Waals surface area contributed by atoms with Crippen molar-refractivity contribution in [1.82, 2.24) is 15.5 Å². The molecule has 0 saturated carbocycles. The van der Waals surface area contributed by atoms with E-state index in [4.69, 9.17) is 11.6 Å². The summed E-state index contributed by atoms with van der Waals surface area (Å²) in [7, 11) is 0. The maximum absolute atomic E-state index is 6.23. The summed E-state index contributed by atoms with van der Waals surface area (Å²) >= 11 is 9.32.